The van der Waals surface area contributed by atoms with Gasteiger partial charge in [-0.25, -0.2) is 0 Å². The van der Waals surface area contributed by atoms with Crippen LogP contribution in [0.25, 0.3) is 0 Å². The molecule has 0 radical (unpaired) electrons. The summed E-state index contributed by atoms with van der Waals surface area (Å²) in [6, 6.07) is 31.4. The van der Waals surface area contributed by atoms with Crippen molar-refractivity contribution < 1.29 is 4.79 Å². The van der Waals surface area contributed by atoms with Crippen LogP contribution in [-0.2, 0) is 4.79 Å². The first kappa shape index (κ1) is 20.5. The van der Waals surface area contributed by atoms with Crippen LogP contribution in [0.3, 0.4) is 0 Å². The van der Waals surface area contributed by atoms with Crippen LogP contribution in [0.4, 0.5) is 0 Å². The van der Waals surface area contributed by atoms with E-state index in [1.54, 1.807) is 0 Å². The number of carbonyl (C=O) groups is 1. The van der Waals surface area contributed by atoms with E-state index in [0.717, 1.165) is 28.8 Å². The second-order valence-electron chi connectivity index (χ2n) is 8.02. The van der Waals surface area contributed by atoms with Gasteiger partial charge in [0.15, 0.2) is 0 Å². The minimum atomic E-state index is -3.26. The number of benzene rings is 3. The molecule has 0 saturated heterocycles. The van der Waals surface area contributed by atoms with Crippen molar-refractivity contribution in [3.8, 4) is 0 Å². The van der Waals surface area contributed by atoms with Crippen LogP contribution < -0.4 is 15.9 Å². The predicted octanol–water partition coefficient (Wildman–Crippen LogP) is 5.50. The van der Waals surface area contributed by atoms with E-state index in [0.29, 0.717) is 17.9 Å². The van der Waals surface area contributed by atoms with Crippen LogP contribution in [0, 0.1) is 5.92 Å². The normalized spacial score (nSPS) is 14.0. The molecule has 1 unspecified atom stereocenters. The van der Waals surface area contributed by atoms with Gasteiger partial charge in [-0.3, -0.25) is 0 Å². The Hall–Kier alpha value is -2.24. The molecule has 146 valence electrons. The van der Waals surface area contributed by atoms with Gasteiger partial charge in [-0.2, -0.15) is 0 Å². The van der Waals surface area contributed by atoms with Gasteiger partial charge in [-0.05, 0) is 0 Å². The Morgan fingerprint density at radius 1 is 0.750 bits per heavy atom. The number of carbonyl (C=O) groups excluding carboxylic acids is 1. The minimum absolute atomic E-state index is 0.384. The molecule has 0 heterocycles. The molecule has 0 aromatic heterocycles. The van der Waals surface area contributed by atoms with Gasteiger partial charge in [0, 0.05) is 0 Å². The van der Waals surface area contributed by atoms with Gasteiger partial charge in [-0.1, -0.05) is 0 Å². The summed E-state index contributed by atoms with van der Waals surface area (Å²) in [5.74, 6) is 0.556. The zero-order chi connectivity index (χ0) is 20.1. The maximum absolute atomic E-state index is 14.3. The summed E-state index contributed by atoms with van der Waals surface area (Å²) in [4.78, 5) is 14.3. The second kappa shape index (κ2) is 8.41. The van der Waals surface area contributed by atoms with Crippen LogP contribution in [0.15, 0.2) is 91.0 Å². The molecule has 3 rings (SSSR count). The van der Waals surface area contributed by atoms with Crippen molar-refractivity contribution in [1.82, 2.24) is 0 Å². The van der Waals surface area contributed by atoms with Gasteiger partial charge in [0.1, 0.15) is 0 Å². The number of hydrogen-bond donors (Lipinski definition) is 0. The molecule has 1 nitrogen and oxygen atoms in total. The molecule has 3 aromatic rings. The van der Waals surface area contributed by atoms with Crippen LogP contribution in [0.1, 0.15) is 33.1 Å². The monoisotopic (exact) mass is 390 g/mol. The van der Waals surface area contributed by atoms with Gasteiger partial charge in [0.25, 0.3) is 0 Å². The van der Waals surface area contributed by atoms with Gasteiger partial charge in [0.2, 0.25) is 0 Å². The van der Waals surface area contributed by atoms with Crippen molar-refractivity contribution in [3.63, 3.8) is 0 Å². The Labute approximate surface area is 169 Å². The van der Waals surface area contributed by atoms with E-state index in [4.69, 9.17) is 0 Å². The molecule has 1 atom stereocenters. The summed E-state index contributed by atoms with van der Waals surface area (Å²) in [6.07, 6.45) is 2.66. The fourth-order valence-corrected chi connectivity index (χ4v) is 9.33. The molecule has 0 aliphatic heterocycles. The van der Waals surface area contributed by atoms with Crippen molar-refractivity contribution in [1.29, 1.82) is 0 Å². The first-order valence-electron chi connectivity index (χ1n) is 10.2. The summed E-state index contributed by atoms with van der Waals surface area (Å²) in [6.45, 7) is 3.43. The molecule has 0 aliphatic rings. The Morgan fingerprint density at radius 3 is 1.43 bits per heavy atom. The summed E-state index contributed by atoms with van der Waals surface area (Å²) in [5.41, 5.74) is 0.384. The maximum atomic E-state index is 14.3. The molecule has 0 bridgehead atoms. The summed E-state index contributed by atoms with van der Waals surface area (Å²) >= 11 is 0. The van der Waals surface area contributed by atoms with Crippen molar-refractivity contribution in [3.05, 3.63) is 91.0 Å². The Bertz CT molecular complexity index is 804. The quantitative estimate of drug-likeness (QED) is 0.464. The molecule has 0 spiro atoms. The fourth-order valence-electron chi connectivity index (χ4n) is 4.13. The van der Waals surface area contributed by atoms with E-state index in [1.807, 2.05) is 18.2 Å². The molecule has 28 heavy (non-hydrogen) atoms. The topological polar surface area (TPSA) is 17.1 Å². The van der Waals surface area contributed by atoms with E-state index < -0.39 is 6.60 Å². The Morgan fingerprint density at radius 2 is 1.11 bits per heavy atom. The van der Waals surface area contributed by atoms with E-state index in [1.165, 1.54) is 0 Å². The average Bonchev–Trinajstić information content (AvgIpc) is 2.78. The molecule has 0 aliphatic carbocycles. The number of hydrogen-bond acceptors (Lipinski definition) is 1. The molecular weight excluding hydrogens is 359 g/mol. The molecule has 0 fully saturated rings. The predicted molar refractivity (Wildman–Crippen MR) is 125 cm³/mol. The van der Waals surface area contributed by atoms with Gasteiger partial charge in [0.05, 0.1) is 0 Å². The second-order valence-corrected chi connectivity index (χ2v) is 13.2. The first-order chi connectivity index (χ1) is 13.5. The fraction of sp³-hybridized carbons (Fsp3) is 0.269. The van der Waals surface area contributed by atoms with Crippen LogP contribution in [0.5, 0.6) is 0 Å². The van der Waals surface area contributed by atoms with Gasteiger partial charge in [-0.15, -0.1) is 0 Å². The zero-order valence-electron chi connectivity index (χ0n) is 17.2. The molecule has 3 aromatic carbocycles. The molecular formula is C26H31OP. The van der Waals surface area contributed by atoms with Crippen molar-refractivity contribution >= 4 is 28.0 Å². The summed E-state index contributed by atoms with van der Waals surface area (Å²) in [7, 11) is 0. The zero-order valence-corrected chi connectivity index (χ0v) is 18.1. The third-order valence-corrected chi connectivity index (χ3v) is 12.6. The number of rotatable bonds is 8. The van der Waals surface area contributed by atoms with Crippen LogP contribution in [0.2, 0.25) is 0 Å². The van der Waals surface area contributed by atoms with E-state index in [-0.39, 0.29) is 0 Å². The molecule has 2 heteroatoms. The SMILES string of the molecule is CCC(C)CCC(=O)P(C)(c1ccccc1)(c1ccccc1)c1ccccc1. The van der Waals surface area contributed by atoms with Crippen LogP contribution >= 0.6 is 6.60 Å². The summed E-state index contributed by atoms with van der Waals surface area (Å²) in [5, 5.41) is 3.46. The molecule has 0 saturated carbocycles. The van der Waals surface area contributed by atoms with Gasteiger partial charge >= 0.3 is 170 Å². The molecule has 0 amide bonds. The van der Waals surface area contributed by atoms with E-state index >= 15 is 0 Å². The van der Waals surface area contributed by atoms with Crippen molar-refractivity contribution in [2.45, 2.75) is 33.1 Å². The molecule has 0 N–H and O–H groups in total. The standard InChI is InChI=1S/C26H31OP/c1-4-22(2)20-21-26(27)28(3,23-14-8-5-9-15-23,24-16-10-6-11-17-24)25-18-12-7-13-19-25/h5-19,22H,4,20-21H2,1-3H3. The Balaban J connectivity index is 2.32. The average molecular weight is 391 g/mol. The van der Waals surface area contributed by atoms with E-state index in [9.17, 15) is 4.79 Å². The summed E-state index contributed by atoms with van der Waals surface area (Å²) < 4.78 is 0. The third kappa shape index (κ3) is 3.33. The van der Waals surface area contributed by atoms with Crippen molar-refractivity contribution in [2.24, 2.45) is 5.92 Å². The Kier molecular flexibility index (Phi) is 6.16. The van der Waals surface area contributed by atoms with Crippen LogP contribution in [-0.4, -0.2) is 12.2 Å². The van der Waals surface area contributed by atoms with Gasteiger partial charge < -0.3 is 0 Å². The first-order valence-corrected chi connectivity index (χ1v) is 12.9. The third-order valence-electron chi connectivity index (χ3n) is 6.38. The van der Waals surface area contributed by atoms with E-state index in [2.05, 4.69) is 93.3 Å². The van der Waals surface area contributed by atoms with Crippen molar-refractivity contribution in [2.75, 3.05) is 6.66 Å².